The van der Waals surface area contributed by atoms with Crippen LogP contribution >= 0.6 is 0 Å². The number of rotatable bonds is 3. The van der Waals surface area contributed by atoms with Crippen molar-refractivity contribution in [3.05, 3.63) is 23.8 Å². The highest BCUT2D eigenvalue weighted by molar-refractivity contribution is 5.74. The van der Waals surface area contributed by atoms with Crippen LogP contribution in [0.5, 0.6) is 0 Å². The maximum atomic E-state index is 10.7. The van der Waals surface area contributed by atoms with E-state index >= 15 is 0 Å². The van der Waals surface area contributed by atoms with Gasteiger partial charge in [0.05, 0.1) is 5.92 Å². The molecule has 0 amide bonds. The Kier molecular flexibility index (Phi) is 3.09. The number of hydrogen-bond acceptors (Lipinski definition) is 1. The van der Waals surface area contributed by atoms with Crippen LogP contribution in [0.15, 0.2) is 17.7 Å². The minimum absolute atomic E-state index is 0.360. The van der Waals surface area contributed by atoms with Crippen LogP contribution in [0.2, 0.25) is 0 Å². The van der Waals surface area contributed by atoms with Crippen molar-refractivity contribution in [1.82, 2.24) is 0 Å². The molecule has 0 aromatic rings. The van der Waals surface area contributed by atoms with Crippen molar-refractivity contribution in [3.63, 3.8) is 0 Å². The van der Waals surface area contributed by atoms with Crippen LogP contribution < -0.4 is 0 Å². The SMILES string of the molecule is CC[C@H](C(=O)O)C1=[C]CCC=C1. The summed E-state index contributed by atoms with van der Waals surface area (Å²) in [5.41, 5.74) is 0.844. The Bertz CT molecular complexity index is 226. The second kappa shape index (κ2) is 4.10. The molecule has 1 aliphatic carbocycles. The summed E-state index contributed by atoms with van der Waals surface area (Å²) in [5, 5.41) is 8.83. The van der Waals surface area contributed by atoms with Gasteiger partial charge in [-0.2, -0.15) is 0 Å². The van der Waals surface area contributed by atoms with Gasteiger partial charge in [0.2, 0.25) is 0 Å². The molecule has 0 saturated heterocycles. The van der Waals surface area contributed by atoms with Crippen LogP contribution in [0.1, 0.15) is 26.2 Å². The van der Waals surface area contributed by atoms with E-state index in [0.29, 0.717) is 6.42 Å². The van der Waals surface area contributed by atoms with Crippen molar-refractivity contribution in [2.45, 2.75) is 26.2 Å². The summed E-state index contributed by atoms with van der Waals surface area (Å²) in [7, 11) is 0. The van der Waals surface area contributed by atoms with E-state index in [4.69, 9.17) is 5.11 Å². The van der Waals surface area contributed by atoms with E-state index in [1.54, 1.807) is 0 Å². The van der Waals surface area contributed by atoms with E-state index in [2.05, 4.69) is 6.08 Å². The monoisotopic (exact) mass is 165 g/mol. The second-order valence-electron chi connectivity index (χ2n) is 2.87. The van der Waals surface area contributed by atoms with Crippen molar-refractivity contribution < 1.29 is 9.90 Å². The fourth-order valence-electron chi connectivity index (χ4n) is 1.34. The molecule has 2 heteroatoms. The molecule has 0 bridgehead atoms. The summed E-state index contributed by atoms with van der Waals surface area (Å²) in [6, 6.07) is 0. The zero-order valence-corrected chi connectivity index (χ0v) is 7.21. The molecule has 0 spiro atoms. The summed E-state index contributed by atoms with van der Waals surface area (Å²) in [4.78, 5) is 10.7. The molecule has 1 atom stereocenters. The normalized spacial score (nSPS) is 18.6. The molecule has 0 heterocycles. The largest absolute Gasteiger partial charge is 0.481 e. The first kappa shape index (κ1) is 9.04. The van der Waals surface area contributed by atoms with Crippen molar-refractivity contribution in [2.75, 3.05) is 0 Å². The Morgan fingerprint density at radius 3 is 3.00 bits per heavy atom. The number of hydrogen-bond donors (Lipinski definition) is 1. The standard InChI is InChI=1S/C10H13O2/c1-2-9(10(11)12)8-6-4-3-5-7-8/h4,6,9H,2-3,5H2,1H3,(H,11,12)/t9-/m0/s1. The van der Waals surface area contributed by atoms with Crippen molar-refractivity contribution in [1.29, 1.82) is 0 Å². The van der Waals surface area contributed by atoms with Gasteiger partial charge in [-0.05, 0) is 30.9 Å². The van der Waals surface area contributed by atoms with Gasteiger partial charge in [-0.25, -0.2) is 0 Å². The maximum absolute atomic E-state index is 10.7. The van der Waals surface area contributed by atoms with E-state index in [-0.39, 0.29) is 5.92 Å². The predicted molar refractivity (Wildman–Crippen MR) is 46.5 cm³/mol. The first-order valence-corrected chi connectivity index (χ1v) is 4.25. The molecule has 0 saturated carbocycles. The maximum Gasteiger partial charge on any atom is 0.310 e. The molecule has 1 aliphatic rings. The highest BCUT2D eigenvalue weighted by Crippen LogP contribution is 2.20. The molecule has 0 aromatic heterocycles. The number of carboxylic acids is 1. The van der Waals surface area contributed by atoms with Crippen LogP contribution in [0.25, 0.3) is 0 Å². The molecule has 2 nitrogen and oxygen atoms in total. The van der Waals surface area contributed by atoms with Crippen LogP contribution in [0, 0.1) is 12.0 Å². The van der Waals surface area contributed by atoms with E-state index in [1.807, 2.05) is 19.1 Å². The molecule has 1 radical (unpaired) electrons. The van der Waals surface area contributed by atoms with Crippen molar-refractivity contribution >= 4 is 5.97 Å². The molecule has 1 N–H and O–H groups in total. The van der Waals surface area contributed by atoms with E-state index in [0.717, 1.165) is 18.4 Å². The number of carbonyl (C=O) groups is 1. The quantitative estimate of drug-likeness (QED) is 0.695. The molecule has 0 unspecified atom stereocenters. The lowest BCUT2D eigenvalue weighted by atomic mass is 9.92. The molecule has 0 aliphatic heterocycles. The van der Waals surface area contributed by atoms with Gasteiger partial charge >= 0.3 is 5.97 Å². The first-order chi connectivity index (χ1) is 5.75. The average molecular weight is 165 g/mol. The molecule has 0 aromatic carbocycles. The topological polar surface area (TPSA) is 37.3 Å². The minimum Gasteiger partial charge on any atom is -0.481 e. The van der Waals surface area contributed by atoms with Crippen LogP contribution in [-0.4, -0.2) is 11.1 Å². The first-order valence-electron chi connectivity index (χ1n) is 4.25. The fourth-order valence-corrected chi connectivity index (χ4v) is 1.34. The van der Waals surface area contributed by atoms with Crippen molar-refractivity contribution in [2.24, 2.45) is 5.92 Å². The van der Waals surface area contributed by atoms with Gasteiger partial charge in [-0.1, -0.05) is 19.1 Å². The highest BCUT2D eigenvalue weighted by Gasteiger charge is 2.18. The molecule has 12 heavy (non-hydrogen) atoms. The zero-order valence-electron chi connectivity index (χ0n) is 7.21. The van der Waals surface area contributed by atoms with E-state index < -0.39 is 5.97 Å². The Hall–Kier alpha value is -1.05. The van der Waals surface area contributed by atoms with Gasteiger partial charge < -0.3 is 5.11 Å². The van der Waals surface area contributed by atoms with Gasteiger partial charge in [-0.3, -0.25) is 4.79 Å². The third-order valence-corrected chi connectivity index (χ3v) is 2.02. The summed E-state index contributed by atoms with van der Waals surface area (Å²) in [5.74, 6) is -1.10. The van der Waals surface area contributed by atoms with E-state index in [9.17, 15) is 4.79 Å². The lowest BCUT2D eigenvalue weighted by molar-refractivity contribution is -0.140. The summed E-state index contributed by atoms with van der Waals surface area (Å²) >= 11 is 0. The number of carboxylic acid groups (broad SMARTS) is 1. The molecular formula is C10H13O2. The molecule has 65 valence electrons. The van der Waals surface area contributed by atoms with Gasteiger partial charge in [-0.15, -0.1) is 0 Å². The average Bonchev–Trinajstić information content (AvgIpc) is 2.07. The van der Waals surface area contributed by atoms with Gasteiger partial charge in [0.25, 0.3) is 0 Å². The Labute approximate surface area is 72.6 Å². The summed E-state index contributed by atoms with van der Waals surface area (Å²) in [6.45, 7) is 1.88. The third kappa shape index (κ3) is 1.97. The Morgan fingerprint density at radius 1 is 1.83 bits per heavy atom. The third-order valence-electron chi connectivity index (χ3n) is 2.02. The summed E-state index contributed by atoms with van der Waals surface area (Å²) < 4.78 is 0. The second-order valence-corrected chi connectivity index (χ2v) is 2.87. The lowest BCUT2D eigenvalue weighted by Crippen LogP contribution is -2.15. The van der Waals surface area contributed by atoms with Crippen LogP contribution in [0.3, 0.4) is 0 Å². The smallest absolute Gasteiger partial charge is 0.310 e. The van der Waals surface area contributed by atoms with Crippen LogP contribution in [-0.2, 0) is 4.79 Å². The van der Waals surface area contributed by atoms with Gasteiger partial charge in [0, 0.05) is 0 Å². The highest BCUT2D eigenvalue weighted by atomic mass is 16.4. The lowest BCUT2D eigenvalue weighted by Gasteiger charge is -2.12. The van der Waals surface area contributed by atoms with Gasteiger partial charge in [0.15, 0.2) is 0 Å². The molecule has 0 fully saturated rings. The Balaban J connectivity index is 2.71. The van der Waals surface area contributed by atoms with Gasteiger partial charge in [0.1, 0.15) is 0 Å². The predicted octanol–water partition coefficient (Wildman–Crippen LogP) is 2.18. The summed E-state index contributed by atoms with van der Waals surface area (Å²) in [6.07, 6.45) is 9.48. The minimum atomic E-state index is -0.744. The number of aliphatic carboxylic acids is 1. The number of allylic oxidation sites excluding steroid dienone is 3. The molecular weight excluding hydrogens is 152 g/mol. The Morgan fingerprint density at radius 2 is 2.58 bits per heavy atom. The van der Waals surface area contributed by atoms with Crippen molar-refractivity contribution in [3.8, 4) is 0 Å². The van der Waals surface area contributed by atoms with Crippen LogP contribution in [0.4, 0.5) is 0 Å². The zero-order chi connectivity index (χ0) is 8.97. The fraction of sp³-hybridized carbons (Fsp3) is 0.500. The molecule has 1 rings (SSSR count). The van der Waals surface area contributed by atoms with E-state index in [1.165, 1.54) is 0 Å².